The average molecular weight is 248 g/mol. The zero-order valence-corrected chi connectivity index (χ0v) is 10.1. The molecule has 0 aromatic heterocycles. The molecule has 0 aromatic rings. The number of carbonyl (C=O) groups is 1. The Morgan fingerprint density at radius 1 is 1.56 bits per heavy atom. The quantitative estimate of drug-likeness (QED) is 0.535. The number of carboxylic acid groups (broad SMARTS) is 1. The van der Waals surface area contributed by atoms with Crippen molar-refractivity contribution in [3.63, 3.8) is 0 Å². The third-order valence-electron chi connectivity index (χ3n) is 2.93. The maximum atomic E-state index is 10.7. The second-order valence-electron chi connectivity index (χ2n) is 4.44. The fourth-order valence-corrected chi connectivity index (χ4v) is 3.36. The summed E-state index contributed by atoms with van der Waals surface area (Å²) < 4.78 is 0. The van der Waals surface area contributed by atoms with E-state index in [1.807, 2.05) is 0 Å². The number of aliphatic carboxylic acids is 1. The third-order valence-corrected chi connectivity index (χ3v) is 4.31. The van der Waals surface area contributed by atoms with Gasteiger partial charge in [-0.05, 0) is 19.3 Å². The first kappa shape index (κ1) is 13.8. The number of aliphatic hydroxyl groups excluding tert-OH is 1. The van der Waals surface area contributed by atoms with Gasteiger partial charge in [-0.25, -0.2) is 0 Å². The van der Waals surface area contributed by atoms with E-state index < -0.39 is 11.5 Å². The highest BCUT2D eigenvalue weighted by Gasteiger charge is 2.39. The molecule has 16 heavy (non-hydrogen) atoms. The number of hydrogen-bond acceptors (Lipinski definition) is 5. The minimum Gasteiger partial charge on any atom is -0.481 e. The number of nitrogens with two attached hydrogens (primary N) is 2. The van der Waals surface area contributed by atoms with Crippen molar-refractivity contribution in [2.75, 3.05) is 12.3 Å². The number of carboxylic acids is 1. The average Bonchev–Trinajstić information content (AvgIpc) is 2.18. The summed E-state index contributed by atoms with van der Waals surface area (Å²) in [6, 6.07) is 0. The highest BCUT2D eigenvalue weighted by molar-refractivity contribution is 8.00. The van der Waals surface area contributed by atoms with E-state index in [0.717, 1.165) is 5.75 Å². The molecule has 3 unspecified atom stereocenters. The van der Waals surface area contributed by atoms with Gasteiger partial charge in [0.1, 0.15) is 0 Å². The van der Waals surface area contributed by atoms with Crippen LogP contribution in [-0.2, 0) is 4.79 Å². The summed E-state index contributed by atoms with van der Waals surface area (Å²) >= 11 is 1.59. The van der Waals surface area contributed by atoms with Gasteiger partial charge in [0.25, 0.3) is 0 Å². The van der Waals surface area contributed by atoms with Crippen LogP contribution in [-0.4, -0.2) is 45.4 Å². The first-order chi connectivity index (χ1) is 7.47. The molecule has 3 atom stereocenters. The Bertz CT molecular complexity index is 252. The molecule has 94 valence electrons. The van der Waals surface area contributed by atoms with Gasteiger partial charge in [-0.15, -0.1) is 0 Å². The molecule has 0 spiro atoms. The molecule has 0 aliphatic heterocycles. The molecule has 0 aromatic carbocycles. The van der Waals surface area contributed by atoms with Gasteiger partial charge >= 0.3 is 5.97 Å². The van der Waals surface area contributed by atoms with Crippen molar-refractivity contribution in [3.05, 3.63) is 0 Å². The van der Waals surface area contributed by atoms with Crippen molar-refractivity contribution < 1.29 is 15.0 Å². The zero-order chi connectivity index (χ0) is 12.2. The van der Waals surface area contributed by atoms with Crippen LogP contribution in [0.25, 0.3) is 0 Å². The van der Waals surface area contributed by atoms with Crippen LogP contribution in [0.15, 0.2) is 0 Å². The number of hydrogen-bond donors (Lipinski definition) is 4. The third kappa shape index (κ3) is 3.93. The molecule has 0 bridgehead atoms. The standard InChI is InChI=1S/C10H20N2O3S/c11-3-4-16-8-5-10(12,6-9(14)15)2-1-7(8)13/h7-8,13H,1-6,11-12H2,(H,14,15). The maximum absolute atomic E-state index is 10.7. The Labute approximate surface area is 99.6 Å². The van der Waals surface area contributed by atoms with Gasteiger partial charge in [0.2, 0.25) is 0 Å². The molecule has 1 aliphatic rings. The zero-order valence-electron chi connectivity index (χ0n) is 9.26. The van der Waals surface area contributed by atoms with Gasteiger partial charge < -0.3 is 21.7 Å². The maximum Gasteiger partial charge on any atom is 0.305 e. The lowest BCUT2D eigenvalue weighted by atomic mass is 9.79. The van der Waals surface area contributed by atoms with Crippen LogP contribution >= 0.6 is 11.8 Å². The van der Waals surface area contributed by atoms with Crippen molar-refractivity contribution in [2.45, 2.75) is 42.6 Å². The first-order valence-corrected chi connectivity index (χ1v) is 6.52. The molecule has 1 fully saturated rings. The van der Waals surface area contributed by atoms with Gasteiger partial charge in [0, 0.05) is 23.1 Å². The minimum atomic E-state index is -0.874. The molecule has 0 radical (unpaired) electrons. The number of aliphatic hydroxyl groups is 1. The molecule has 6 heteroatoms. The first-order valence-electron chi connectivity index (χ1n) is 5.47. The van der Waals surface area contributed by atoms with Crippen LogP contribution < -0.4 is 11.5 Å². The van der Waals surface area contributed by atoms with E-state index in [0.29, 0.717) is 25.8 Å². The lowest BCUT2D eigenvalue weighted by molar-refractivity contribution is -0.138. The smallest absolute Gasteiger partial charge is 0.305 e. The summed E-state index contributed by atoms with van der Waals surface area (Å²) in [4.78, 5) is 10.7. The van der Waals surface area contributed by atoms with E-state index in [1.54, 1.807) is 11.8 Å². The Hall–Kier alpha value is -0.300. The van der Waals surface area contributed by atoms with Gasteiger partial charge in [0.15, 0.2) is 0 Å². The fraction of sp³-hybridized carbons (Fsp3) is 0.900. The van der Waals surface area contributed by atoms with Crippen molar-refractivity contribution in [2.24, 2.45) is 11.5 Å². The van der Waals surface area contributed by atoms with Crippen LogP contribution in [0.5, 0.6) is 0 Å². The van der Waals surface area contributed by atoms with Gasteiger partial charge in [-0.2, -0.15) is 11.8 Å². The Balaban J connectivity index is 2.54. The minimum absolute atomic E-state index is 0.0154. The summed E-state index contributed by atoms with van der Waals surface area (Å²) in [5.41, 5.74) is 10.8. The van der Waals surface area contributed by atoms with Gasteiger partial charge in [-0.1, -0.05) is 0 Å². The molecular formula is C10H20N2O3S. The highest BCUT2D eigenvalue weighted by atomic mass is 32.2. The molecule has 5 nitrogen and oxygen atoms in total. The van der Waals surface area contributed by atoms with Gasteiger partial charge in [0.05, 0.1) is 12.5 Å². The van der Waals surface area contributed by atoms with E-state index in [-0.39, 0.29) is 17.8 Å². The van der Waals surface area contributed by atoms with Crippen molar-refractivity contribution in [1.29, 1.82) is 0 Å². The molecule has 1 saturated carbocycles. The second kappa shape index (κ2) is 5.86. The number of thioether (sulfide) groups is 1. The van der Waals surface area contributed by atoms with Crippen molar-refractivity contribution >= 4 is 17.7 Å². The SMILES string of the molecule is NCCSC1CC(N)(CC(=O)O)CCC1O. The van der Waals surface area contributed by atoms with Crippen molar-refractivity contribution in [1.82, 2.24) is 0 Å². The molecule has 0 heterocycles. The molecule has 0 saturated heterocycles. The highest BCUT2D eigenvalue weighted by Crippen LogP contribution is 2.35. The summed E-state index contributed by atoms with van der Waals surface area (Å²) in [5, 5.41) is 18.6. The predicted octanol–water partition coefficient (Wildman–Crippen LogP) is -0.236. The lowest BCUT2D eigenvalue weighted by Crippen LogP contribution is -2.51. The molecule has 1 aliphatic carbocycles. The summed E-state index contributed by atoms with van der Waals surface area (Å²) in [6.07, 6.45) is 1.28. The van der Waals surface area contributed by atoms with Crippen LogP contribution in [0, 0.1) is 0 Å². The van der Waals surface area contributed by atoms with Crippen LogP contribution in [0.3, 0.4) is 0 Å². The van der Waals surface area contributed by atoms with Crippen LogP contribution in [0.4, 0.5) is 0 Å². The van der Waals surface area contributed by atoms with Crippen LogP contribution in [0.1, 0.15) is 25.7 Å². The van der Waals surface area contributed by atoms with E-state index in [9.17, 15) is 9.90 Å². The lowest BCUT2D eigenvalue weighted by Gasteiger charge is -2.39. The molecule has 0 amide bonds. The predicted molar refractivity (Wildman–Crippen MR) is 64.3 cm³/mol. The van der Waals surface area contributed by atoms with Crippen molar-refractivity contribution in [3.8, 4) is 0 Å². The fourth-order valence-electron chi connectivity index (χ4n) is 2.11. The van der Waals surface area contributed by atoms with Gasteiger partial charge in [-0.3, -0.25) is 4.79 Å². The Morgan fingerprint density at radius 2 is 2.25 bits per heavy atom. The second-order valence-corrected chi connectivity index (χ2v) is 5.79. The Kier molecular flexibility index (Phi) is 5.04. The Morgan fingerprint density at radius 3 is 2.81 bits per heavy atom. The molecule has 6 N–H and O–H groups in total. The monoisotopic (exact) mass is 248 g/mol. The summed E-state index contributed by atoms with van der Waals surface area (Å²) in [7, 11) is 0. The summed E-state index contributed by atoms with van der Waals surface area (Å²) in [5.74, 6) is -0.105. The van der Waals surface area contributed by atoms with E-state index in [1.165, 1.54) is 0 Å². The number of rotatable bonds is 5. The summed E-state index contributed by atoms with van der Waals surface area (Å²) in [6.45, 7) is 0.560. The largest absolute Gasteiger partial charge is 0.481 e. The molecular weight excluding hydrogens is 228 g/mol. The van der Waals surface area contributed by atoms with E-state index >= 15 is 0 Å². The van der Waals surface area contributed by atoms with Crippen LogP contribution in [0.2, 0.25) is 0 Å². The molecule has 1 rings (SSSR count). The van der Waals surface area contributed by atoms with E-state index in [2.05, 4.69) is 0 Å². The van der Waals surface area contributed by atoms with E-state index in [4.69, 9.17) is 16.6 Å². The normalized spacial score (nSPS) is 34.9. The topological polar surface area (TPSA) is 110 Å².